The van der Waals surface area contributed by atoms with Crippen LogP contribution in [-0.2, 0) is 11.2 Å². The molecule has 1 aromatic heterocycles. The van der Waals surface area contributed by atoms with E-state index >= 15 is 0 Å². The van der Waals surface area contributed by atoms with Crippen LogP contribution in [-0.4, -0.2) is 34.3 Å². The Morgan fingerprint density at radius 3 is 2.58 bits per heavy atom. The van der Waals surface area contributed by atoms with E-state index in [9.17, 15) is 4.79 Å². The number of thiazole rings is 1. The number of hydrogen-bond acceptors (Lipinski definition) is 4. The molecular weight excluding hydrogens is 256 g/mol. The SMILES string of the molecule is O=C(Cc1cncs1)C1(N2CCCCC2)CCCC1. The van der Waals surface area contributed by atoms with E-state index in [4.69, 9.17) is 0 Å². The van der Waals surface area contributed by atoms with E-state index in [1.54, 1.807) is 11.3 Å². The van der Waals surface area contributed by atoms with Gasteiger partial charge in [-0.3, -0.25) is 14.7 Å². The van der Waals surface area contributed by atoms with E-state index < -0.39 is 0 Å². The topological polar surface area (TPSA) is 33.2 Å². The predicted molar refractivity (Wildman–Crippen MR) is 77.4 cm³/mol. The maximum atomic E-state index is 12.9. The lowest BCUT2D eigenvalue weighted by Gasteiger charge is -2.42. The Bertz CT molecular complexity index is 417. The highest BCUT2D eigenvalue weighted by atomic mass is 32.1. The molecule has 0 spiro atoms. The van der Waals surface area contributed by atoms with Crippen molar-refractivity contribution in [3.05, 3.63) is 16.6 Å². The molecule has 1 saturated carbocycles. The molecule has 3 rings (SSSR count). The fourth-order valence-corrected chi connectivity index (χ4v) is 4.30. The Hall–Kier alpha value is -0.740. The van der Waals surface area contributed by atoms with Crippen LogP contribution in [0.25, 0.3) is 0 Å². The number of piperidine rings is 1. The number of aromatic nitrogens is 1. The number of rotatable bonds is 4. The Kier molecular flexibility index (Phi) is 3.99. The molecular formula is C15H22N2OS. The summed E-state index contributed by atoms with van der Waals surface area (Å²) in [6.07, 6.45) is 10.9. The number of hydrogen-bond donors (Lipinski definition) is 0. The van der Waals surface area contributed by atoms with Crippen LogP contribution in [0, 0.1) is 0 Å². The van der Waals surface area contributed by atoms with Gasteiger partial charge >= 0.3 is 0 Å². The number of ketones is 1. The summed E-state index contributed by atoms with van der Waals surface area (Å²) in [4.78, 5) is 20.6. The van der Waals surface area contributed by atoms with Crippen LogP contribution >= 0.6 is 11.3 Å². The first-order valence-corrected chi connectivity index (χ1v) is 8.35. The van der Waals surface area contributed by atoms with Gasteiger partial charge in [0.25, 0.3) is 0 Å². The monoisotopic (exact) mass is 278 g/mol. The van der Waals surface area contributed by atoms with Crippen molar-refractivity contribution >= 4 is 17.1 Å². The third-order valence-corrected chi connectivity index (χ3v) is 5.51. The first kappa shape index (κ1) is 13.3. The molecule has 104 valence electrons. The predicted octanol–water partition coefficient (Wildman–Crippen LogP) is 3.05. The zero-order valence-corrected chi connectivity index (χ0v) is 12.3. The molecule has 0 atom stereocenters. The zero-order valence-electron chi connectivity index (χ0n) is 11.4. The summed E-state index contributed by atoms with van der Waals surface area (Å²) >= 11 is 1.60. The molecule has 4 heteroatoms. The Morgan fingerprint density at radius 1 is 1.21 bits per heavy atom. The number of likely N-dealkylation sites (tertiary alicyclic amines) is 1. The van der Waals surface area contributed by atoms with E-state index in [2.05, 4.69) is 9.88 Å². The molecule has 1 aliphatic heterocycles. The molecule has 0 N–H and O–H groups in total. The van der Waals surface area contributed by atoms with Gasteiger partial charge in [0.15, 0.2) is 5.78 Å². The van der Waals surface area contributed by atoms with Crippen LogP contribution in [0.4, 0.5) is 0 Å². The highest BCUT2D eigenvalue weighted by Crippen LogP contribution is 2.38. The van der Waals surface area contributed by atoms with Crippen LogP contribution in [0.1, 0.15) is 49.8 Å². The van der Waals surface area contributed by atoms with Crippen molar-refractivity contribution in [2.24, 2.45) is 0 Å². The average Bonchev–Trinajstić information content (AvgIpc) is 3.11. The van der Waals surface area contributed by atoms with Crippen molar-refractivity contribution < 1.29 is 4.79 Å². The molecule has 0 amide bonds. The molecule has 0 bridgehead atoms. The molecule has 19 heavy (non-hydrogen) atoms. The van der Waals surface area contributed by atoms with Gasteiger partial charge in [0.1, 0.15) is 0 Å². The molecule has 0 unspecified atom stereocenters. The smallest absolute Gasteiger partial charge is 0.158 e. The Labute approximate surface area is 119 Å². The van der Waals surface area contributed by atoms with Crippen LogP contribution < -0.4 is 0 Å². The van der Waals surface area contributed by atoms with Gasteiger partial charge in [-0.05, 0) is 38.8 Å². The van der Waals surface area contributed by atoms with Crippen molar-refractivity contribution in [1.29, 1.82) is 0 Å². The van der Waals surface area contributed by atoms with E-state index in [1.807, 2.05) is 11.7 Å². The summed E-state index contributed by atoms with van der Waals surface area (Å²) < 4.78 is 0. The van der Waals surface area contributed by atoms with Gasteiger partial charge in [-0.1, -0.05) is 19.3 Å². The minimum absolute atomic E-state index is 0.135. The lowest BCUT2D eigenvalue weighted by molar-refractivity contribution is -0.131. The van der Waals surface area contributed by atoms with Crippen molar-refractivity contribution in [3.8, 4) is 0 Å². The lowest BCUT2D eigenvalue weighted by Crippen LogP contribution is -2.55. The lowest BCUT2D eigenvalue weighted by atomic mass is 9.86. The third kappa shape index (κ3) is 2.61. The summed E-state index contributed by atoms with van der Waals surface area (Å²) in [7, 11) is 0. The van der Waals surface area contributed by atoms with Gasteiger partial charge in [-0.15, -0.1) is 11.3 Å². The number of carbonyl (C=O) groups excluding carboxylic acids is 1. The number of carbonyl (C=O) groups is 1. The average molecular weight is 278 g/mol. The van der Waals surface area contributed by atoms with Gasteiger partial charge in [0.05, 0.1) is 11.0 Å². The molecule has 2 heterocycles. The van der Waals surface area contributed by atoms with Gasteiger partial charge in [0.2, 0.25) is 0 Å². The van der Waals surface area contributed by atoms with Crippen molar-refractivity contribution in [2.75, 3.05) is 13.1 Å². The fourth-order valence-electron chi connectivity index (χ4n) is 3.71. The van der Waals surface area contributed by atoms with Gasteiger partial charge < -0.3 is 0 Å². The summed E-state index contributed by atoms with van der Waals surface area (Å²) in [5.74, 6) is 0.441. The minimum Gasteiger partial charge on any atom is -0.297 e. The summed E-state index contributed by atoms with van der Waals surface area (Å²) in [6, 6.07) is 0. The fraction of sp³-hybridized carbons (Fsp3) is 0.733. The highest BCUT2D eigenvalue weighted by molar-refractivity contribution is 7.09. The van der Waals surface area contributed by atoms with E-state index in [0.717, 1.165) is 30.8 Å². The normalized spacial score (nSPS) is 23.6. The molecule has 1 aliphatic carbocycles. The standard InChI is InChI=1S/C15H22N2OS/c18-14(10-13-11-16-12-19-13)15(6-2-3-7-15)17-8-4-1-5-9-17/h11-12H,1-10H2. The first-order chi connectivity index (χ1) is 9.31. The maximum absolute atomic E-state index is 12.9. The zero-order chi connectivity index (χ0) is 13.1. The van der Waals surface area contributed by atoms with E-state index in [1.165, 1.54) is 32.1 Å². The maximum Gasteiger partial charge on any atom is 0.158 e. The Balaban J connectivity index is 1.77. The van der Waals surface area contributed by atoms with E-state index in [-0.39, 0.29) is 5.54 Å². The first-order valence-electron chi connectivity index (χ1n) is 7.47. The third-order valence-electron chi connectivity index (χ3n) is 4.73. The largest absolute Gasteiger partial charge is 0.297 e. The molecule has 1 saturated heterocycles. The highest BCUT2D eigenvalue weighted by Gasteiger charge is 2.45. The second kappa shape index (κ2) is 5.71. The van der Waals surface area contributed by atoms with Crippen molar-refractivity contribution in [1.82, 2.24) is 9.88 Å². The van der Waals surface area contributed by atoms with Gasteiger partial charge in [-0.2, -0.15) is 0 Å². The molecule has 2 fully saturated rings. The minimum atomic E-state index is -0.135. The quantitative estimate of drug-likeness (QED) is 0.848. The molecule has 0 aromatic carbocycles. The van der Waals surface area contributed by atoms with Crippen LogP contribution in [0.2, 0.25) is 0 Å². The molecule has 1 aromatic rings. The van der Waals surface area contributed by atoms with Crippen LogP contribution in [0.5, 0.6) is 0 Å². The van der Waals surface area contributed by atoms with Gasteiger partial charge in [-0.25, -0.2) is 0 Å². The van der Waals surface area contributed by atoms with Gasteiger partial charge in [0, 0.05) is 17.5 Å². The van der Waals surface area contributed by atoms with Crippen molar-refractivity contribution in [2.45, 2.75) is 56.9 Å². The van der Waals surface area contributed by atoms with E-state index in [0.29, 0.717) is 12.2 Å². The number of Topliss-reactive ketones (excluding diaryl/α,β-unsaturated/α-hetero) is 1. The second-order valence-corrected chi connectivity index (χ2v) is 6.82. The summed E-state index contributed by atoms with van der Waals surface area (Å²) in [5.41, 5.74) is 1.69. The van der Waals surface area contributed by atoms with Crippen LogP contribution in [0.3, 0.4) is 0 Å². The molecule has 3 nitrogen and oxygen atoms in total. The second-order valence-electron chi connectivity index (χ2n) is 5.85. The van der Waals surface area contributed by atoms with Crippen LogP contribution in [0.15, 0.2) is 11.7 Å². The number of nitrogens with zero attached hydrogens (tertiary/aromatic N) is 2. The molecule has 2 aliphatic rings. The Morgan fingerprint density at radius 2 is 1.95 bits per heavy atom. The summed E-state index contributed by atoms with van der Waals surface area (Å²) in [5, 5.41) is 0. The van der Waals surface area contributed by atoms with Crippen molar-refractivity contribution in [3.63, 3.8) is 0 Å². The molecule has 0 radical (unpaired) electrons. The summed E-state index contributed by atoms with van der Waals surface area (Å²) in [6.45, 7) is 2.24.